The Morgan fingerprint density at radius 3 is 2.67 bits per heavy atom. The first-order chi connectivity index (χ1) is 10.2. The Bertz CT molecular complexity index is 874. The summed E-state index contributed by atoms with van der Waals surface area (Å²) in [6.45, 7) is 2.04. The van der Waals surface area contributed by atoms with Crippen LogP contribution in [-0.2, 0) is 12.8 Å². The SMILES string of the molecule is Cc1ccc(-c2nc3nc4c(c(=O)n3[nH]2)CCCC4)cc1. The highest BCUT2D eigenvalue weighted by molar-refractivity contribution is 5.57. The van der Waals surface area contributed by atoms with Gasteiger partial charge in [0.15, 0.2) is 5.82 Å². The summed E-state index contributed by atoms with van der Waals surface area (Å²) in [5, 5.41) is 3.08. The predicted molar refractivity (Wildman–Crippen MR) is 80.4 cm³/mol. The van der Waals surface area contributed by atoms with Gasteiger partial charge >= 0.3 is 0 Å². The fourth-order valence-corrected chi connectivity index (χ4v) is 2.89. The van der Waals surface area contributed by atoms with Crippen molar-refractivity contribution in [1.29, 1.82) is 0 Å². The molecule has 0 saturated carbocycles. The van der Waals surface area contributed by atoms with E-state index in [9.17, 15) is 4.79 Å². The minimum Gasteiger partial charge on any atom is -0.271 e. The average molecular weight is 280 g/mol. The van der Waals surface area contributed by atoms with E-state index in [1.807, 2.05) is 31.2 Å². The highest BCUT2D eigenvalue weighted by Gasteiger charge is 2.18. The second-order valence-corrected chi connectivity index (χ2v) is 5.62. The van der Waals surface area contributed by atoms with Crippen LogP contribution in [0.1, 0.15) is 29.7 Å². The van der Waals surface area contributed by atoms with Crippen LogP contribution < -0.4 is 5.56 Å². The van der Waals surface area contributed by atoms with Crippen molar-refractivity contribution in [3.63, 3.8) is 0 Å². The van der Waals surface area contributed by atoms with Crippen LogP contribution in [0.25, 0.3) is 17.2 Å². The molecule has 1 N–H and O–H groups in total. The number of nitrogens with zero attached hydrogens (tertiary/aromatic N) is 3. The van der Waals surface area contributed by atoms with E-state index < -0.39 is 0 Å². The number of hydrogen-bond donors (Lipinski definition) is 1. The zero-order chi connectivity index (χ0) is 14.4. The van der Waals surface area contributed by atoms with Gasteiger partial charge in [-0.05, 0) is 32.6 Å². The Balaban J connectivity index is 1.92. The zero-order valence-electron chi connectivity index (χ0n) is 11.9. The van der Waals surface area contributed by atoms with Crippen LogP contribution in [0.3, 0.4) is 0 Å². The van der Waals surface area contributed by atoms with Gasteiger partial charge in [0.1, 0.15) is 0 Å². The van der Waals surface area contributed by atoms with Crippen LogP contribution in [0, 0.1) is 6.92 Å². The van der Waals surface area contributed by atoms with E-state index in [1.54, 1.807) is 0 Å². The van der Waals surface area contributed by atoms with Crippen molar-refractivity contribution in [2.75, 3.05) is 0 Å². The first-order valence-electron chi connectivity index (χ1n) is 7.30. The molecule has 2 heterocycles. The van der Waals surface area contributed by atoms with Crippen molar-refractivity contribution in [2.45, 2.75) is 32.6 Å². The first kappa shape index (κ1) is 12.3. The molecule has 0 aliphatic heterocycles. The Labute approximate surface area is 121 Å². The van der Waals surface area contributed by atoms with Crippen molar-refractivity contribution in [3.05, 3.63) is 51.4 Å². The normalized spacial score (nSPS) is 14.3. The molecular formula is C16H16N4O. The summed E-state index contributed by atoms with van der Waals surface area (Å²) in [6.07, 6.45) is 3.87. The van der Waals surface area contributed by atoms with E-state index in [0.29, 0.717) is 11.6 Å². The maximum absolute atomic E-state index is 12.5. The molecule has 0 amide bonds. The number of H-pyrrole nitrogens is 1. The van der Waals surface area contributed by atoms with Crippen molar-refractivity contribution in [1.82, 2.24) is 19.6 Å². The number of benzene rings is 1. The van der Waals surface area contributed by atoms with Gasteiger partial charge in [0.25, 0.3) is 11.3 Å². The molecule has 1 aromatic carbocycles. The maximum atomic E-state index is 12.5. The van der Waals surface area contributed by atoms with Gasteiger partial charge in [-0.25, -0.2) is 4.98 Å². The molecule has 0 bridgehead atoms. The van der Waals surface area contributed by atoms with Crippen molar-refractivity contribution in [3.8, 4) is 11.4 Å². The molecule has 21 heavy (non-hydrogen) atoms. The average Bonchev–Trinajstić information content (AvgIpc) is 2.92. The summed E-state index contributed by atoms with van der Waals surface area (Å²) in [7, 11) is 0. The summed E-state index contributed by atoms with van der Waals surface area (Å²) in [6, 6.07) is 8.06. The standard InChI is InChI=1S/C16H16N4O/c1-10-6-8-11(9-7-10)14-18-16-17-13-5-3-2-4-12(13)15(21)20(16)19-14/h6-9H,2-5H2,1H3,(H,17,18,19). The molecule has 106 valence electrons. The number of aromatic amines is 1. The van der Waals surface area contributed by atoms with Gasteiger partial charge in [0.05, 0.1) is 5.69 Å². The van der Waals surface area contributed by atoms with Crippen LogP contribution >= 0.6 is 0 Å². The van der Waals surface area contributed by atoms with Crippen LogP contribution in [-0.4, -0.2) is 19.6 Å². The lowest BCUT2D eigenvalue weighted by molar-refractivity contribution is 0.650. The fraction of sp³-hybridized carbons (Fsp3) is 0.312. The lowest BCUT2D eigenvalue weighted by Gasteiger charge is -2.12. The summed E-state index contributed by atoms with van der Waals surface area (Å²) in [5.74, 6) is 1.15. The lowest BCUT2D eigenvalue weighted by Crippen LogP contribution is -2.25. The second-order valence-electron chi connectivity index (χ2n) is 5.62. The molecule has 0 saturated heterocycles. The molecule has 5 heteroatoms. The number of hydrogen-bond acceptors (Lipinski definition) is 3. The van der Waals surface area contributed by atoms with Crippen LogP contribution in [0.15, 0.2) is 29.1 Å². The van der Waals surface area contributed by atoms with Crippen molar-refractivity contribution < 1.29 is 0 Å². The van der Waals surface area contributed by atoms with Crippen molar-refractivity contribution in [2.24, 2.45) is 0 Å². The Kier molecular flexibility index (Phi) is 2.67. The third kappa shape index (κ3) is 1.96. The molecule has 3 aromatic rings. The minimum absolute atomic E-state index is 0.000520. The zero-order valence-corrected chi connectivity index (χ0v) is 11.9. The van der Waals surface area contributed by atoms with E-state index in [1.165, 1.54) is 10.1 Å². The molecule has 1 aliphatic carbocycles. The van der Waals surface area contributed by atoms with E-state index in [2.05, 4.69) is 15.1 Å². The van der Waals surface area contributed by atoms with Gasteiger partial charge in [0, 0.05) is 11.1 Å². The van der Waals surface area contributed by atoms with Gasteiger partial charge in [-0.3, -0.25) is 9.89 Å². The van der Waals surface area contributed by atoms with E-state index in [4.69, 9.17) is 0 Å². The molecule has 4 rings (SSSR count). The molecule has 0 atom stereocenters. The smallest absolute Gasteiger partial charge is 0.271 e. The number of fused-ring (bicyclic) bond motifs is 2. The fourth-order valence-electron chi connectivity index (χ4n) is 2.89. The molecule has 2 aromatic heterocycles. The van der Waals surface area contributed by atoms with Crippen LogP contribution in [0.5, 0.6) is 0 Å². The Morgan fingerprint density at radius 2 is 1.86 bits per heavy atom. The minimum atomic E-state index is 0.000520. The van der Waals surface area contributed by atoms with Gasteiger partial charge in [-0.15, -0.1) is 0 Å². The third-order valence-electron chi connectivity index (χ3n) is 4.09. The lowest BCUT2D eigenvalue weighted by atomic mass is 9.97. The highest BCUT2D eigenvalue weighted by Crippen LogP contribution is 2.19. The van der Waals surface area contributed by atoms with E-state index in [0.717, 1.165) is 42.5 Å². The number of aryl methyl sites for hydroxylation is 2. The Morgan fingerprint density at radius 1 is 1.10 bits per heavy atom. The maximum Gasteiger partial charge on any atom is 0.277 e. The largest absolute Gasteiger partial charge is 0.277 e. The quantitative estimate of drug-likeness (QED) is 0.743. The van der Waals surface area contributed by atoms with E-state index >= 15 is 0 Å². The number of nitrogens with one attached hydrogen (secondary N) is 1. The Hall–Kier alpha value is -2.43. The predicted octanol–water partition coefficient (Wildman–Crippen LogP) is 2.27. The van der Waals surface area contributed by atoms with E-state index in [-0.39, 0.29) is 5.56 Å². The molecule has 0 spiro atoms. The molecule has 0 fully saturated rings. The third-order valence-corrected chi connectivity index (χ3v) is 4.09. The van der Waals surface area contributed by atoms with Crippen LogP contribution in [0.2, 0.25) is 0 Å². The molecule has 5 nitrogen and oxygen atoms in total. The molecular weight excluding hydrogens is 264 g/mol. The van der Waals surface area contributed by atoms with Gasteiger partial charge in [0.2, 0.25) is 0 Å². The summed E-state index contributed by atoms with van der Waals surface area (Å²) >= 11 is 0. The highest BCUT2D eigenvalue weighted by atomic mass is 16.1. The summed E-state index contributed by atoms with van der Waals surface area (Å²) in [4.78, 5) is 21.6. The topological polar surface area (TPSA) is 63.1 Å². The molecule has 1 aliphatic rings. The number of aromatic nitrogens is 4. The molecule has 0 radical (unpaired) electrons. The van der Waals surface area contributed by atoms with Crippen molar-refractivity contribution >= 4 is 5.78 Å². The van der Waals surface area contributed by atoms with Gasteiger partial charge in [-0.2, -0.15) is 9.50 Å². The first-order valence-corrected chi connectivity index (χ1v) is 7.30. The summed E-state index contributed by atoms with van der Waals surface area (Å²) in [5.41, 5.74) is 3.93. The monoisotopic (exact) mass is 280 g/mol. The van der Waals surface area contributed by atoms with Crippen LogP contribution in [0.4, 0.5) is 0 Å². The summed E-state index contributed by atoms with van der Waals surface area (Å²) < 4.78 is 1.47. The molecule has 0 unspecified atom stereocenters. The van der Waals surface area contributed by atoms with Gasteiger partial charge < -0.3 is 0 Å². The van der Waals surface area contributed by atoms with Gasteiger partial charge in [-0.1, -0.05) is 29.8 Å². The number of rotatable bonds is 1. The second kappa shape index (κ2) is 4.55.